The molecule has 9 heteroatoms. The normalized spacial score (nSPS) is 29.0. The van der Waals surface area contributed by atoms with Crippen LogP contribution in [0.3, 0.4) is 0 Å². The molecule has 2 aromatic heterocycles. The van der Waals surface area contributed by atoms with Gasteiger partial charge in [-0.3, -0.25) is 4.79 Å². The Bertz CT molecular complexity index is 691. The van der Waals surface area contributed by atoms with E-state index >= 15 is 0 Å². The number of aliphatic hydroxyl groups is 2. The highest BCUT2D eigenvalue weighted by atomic mass is 35.5. The summed E-state index contributed by atoms with van der Waals surface area (Å²) in [4.78, 5) is 23.8. The summed E-state index contributed by atoms with van der Waals surface area (Å²) in [6, 6.07) is -0.502. The quantitative estimate of drug-likeness (QED) is 0.645. The molecule has 1 saturated carbocycles. The molecule has 112 valence electrons. The van der Waals surface area contributed by atoms with Gasteiger partial charge in [0.25, 0.3) is 0 Å². The van der Waals surface area contributed by atoms with Gasteiger partial charge < -0.3 is 20.1 Å². The second kappa shape index (κ2) is 5.21. The van der Waals surface area contributed by atoms with Crippen LogP contribution in [0.4, 0.5) is 0 Å². The highest BCUT2D eigenvalue weighted by Crippen LogP contribution is 2.37. The van der Waals surface area contributed by atoms with Crippen LogP contribution < -0.4 is 5.32 Å². The lowest BCUT2D eigenvalue weighted by molar-refractivity contribution is -0.128. The summed E-state index contributed by atoms with van der Waals surface area (Å²) in [5.41, 5.74) is 0.882. The van der Waals surface area contributed by atoms with Gasteiger partial charge in [-0.1, -0.05) is 11.6 Å². The van der Waals surface area contributed by atoms with Gasteiger partial charge in [0.1, 0.15) is 17.9 Å². The number of halogens is 1. The summed E-state index contributed by atoms with van der Waals surface area (Å²) in [7, 11) is 1.49. The van der Waals surface area contributed by atoms with Crippen molar-refractivity contribution >= 4 is 28.7 Å². The molecule has 1 fully saturated rings. The fraction of sp³-hybridized carbons (Fsp3) is 0.500. The Labute approximate surface area is 124 Å². The minimum absolute atomic E-state index is 0.217. The zero-order valence-electron chi connectivity index (χ0n) is 11.1. The number of hydrogen-bond acceptors (Lipinski definition) is 6. The van der Waals surface area contributed by atoms with Crippen molar-refractivity contribution in [1.82, 2.24) is 24.8 Å². The average molecular weight is 312 g/mol. The summed E-state index contributed by atoms with van der Waals surface area (Å²) in [6.45, 7) is 0. The molecular formula is C12H14ClN5O3. The maximum atomic E-state index is 11.7. The molecule has 0 aromatic carbocycles. The van der Waals surface area contributed by atoms with Crippen molar-refractivity contribution in [3.63, 3.8) is 0 Å². The number of carbonyl (C=O) groups excluding carboxylic acids is 1. The van der Waals surface area contributed by atoms with E-state index in [1.54, 1.807) is 4.57 Å². The molecule has 0 aliphatic heterocycles. The lowest BCUT2D eigenvalue weighted by Crippen LogP contribution is -2.36. The largest absolute Gasteiger partial charge is 0.390 e. The summed E-state index contributed by atoms with van der Waals surface area (Å²) in [5, 5.41) is 23.0. The predicted octanol–water partition coefficient (Wildman–Crippen LogP) is -0.492. The highest BCUT2D eigenvalue weighted by molar-refractivity contribution is 6.33. The Morgan fingerprint density at radius 3 is 2.86 bits per heavy atom. The van der Waals surface area contributed by atoms with E-state index in [4.69, 9.17) is 11.6 Å². The third-order valence-corrected chi connectivity index (χ3v) is 4.18. The van der Waals surface area contributed by atoms with E-state index in [0.717, 1.165) is 0 Å². The fourth-order valence-corrected chi connectivity index (χ4v) is 2.97. The molecule has 1 aliphatic carbocycles. The molecule has 0 unspecified atom stereocenters. The molecule has 4 atom stereocenters. The Kier molecular flexibility index (Phi) is 3.52. The number of rotatable bonds is 2. The van der Waals surface area contributed by atoms with Crippen molar-refractivity contribution in [2.45, 2.75) is 24.7 Å². The van der Waals surface area contributed by atoms with Gasteiger partial charge >= 0.3 is 0 Å². The van der Waals surface area contributed by atoms with Crippen LogP contribution in [-0.4, -0.2) is 54.9 Å². The van der Waals surface area contributed by atoms with Crippen LogP contribution in [0.2, 0.25) is 5.15 Å². The number of nitrogens with zero attached hydrogens (tertiary/aromatic N) is 4. The monoisotopic (exact) mass is 311 g/mol. The first-order valence-electron chi connectivity index (χ1n) is 6.45. The predicted molar refractivity (Wildman–Crippen MR) is 73.6 cm³/mol. The fourth-order valence-electron chi connectivity index (χ4n) is 2.80. The first-order chi connectivity index (χ1) is 10.0. The molecular weight excluding hydrogens is 298 g/mol. The zero-order valence-corrected chi connectivity index (χ0v) is 11.9. The van der Waals surface area contributed by atoms with E-state index in [-0.39, 0.29) is 17.5 Å². The number of nitrogens with one attached hydrogen (secondary N) is 1. The molecule has 0 spiro atoms. The molecule has 3 rings (SSSR count). The number of amides is 1. The molecule has 0 radical (unpaired) electrons. The van der Waals surface area contributed by atoms with Crippen molar-refractivity contribution in [2.24, 2.45) is 5.92 Å². The summed E-state index contributed by atoms with van der Waals surface area (Å²) in [6.07, 6.45) is 0.854. The number of carbonyl (C=O) groups is 1. The Morgan fingerprint density at radius 2 is 2.14 bits per heavy atom. The molecule has 2 aromatic rings. The Balaban J connectivity index is 2.00. The van der Waals surface area contributed by atoms with Gasteiger partial charge in [-0.25, -0.2) is 15.0 Å². The topological polar surface area (TPSA) is 113 Å². The minimum Gasteiger partial charge on any atom is -0.390 e. The van der Waals surface area contributed by atoms with Gasteiger partial charge in [-0.15, -0.1) is 0 Å². The van der Waals surface area contributed by atoms with Crippen LogP contribution in [0.5, 0.6) is 0 Å². The molecule has 0 bridgehead atoms. The smallest absolute Gasteiger partial charge is 0.225 e. The van der Waals surface area contributed by atoms with Gasteiger partial charge in [-0.05, 0) is 6.42 Å². The number of aromatic nitrogens is 4. The maximum absolute atomic E-state index is 11.7. The molecule has 8 nitrogen and oxygen atoms in total. The van der Waals surface area contributed by atoms with Gasteiger partial charge in [0.2, 0.25) is 5.91 Å². The summed E-state index contributed by atoms with van der Waals surface area (Å²) in [5.74, 6) is -0.981. The Morgan fingerprint density at radius 1 is 1.38 bits per heavy atom. The maximum Gasteiger partial charge on any atom is 0.225 e. The number of hydrogen-bond donors (Lipinski definition) is 3. The van der Waals surface area contributed by atoms with Crippen LogP contribution in [0.25, 0.3) is 11.2 Å². The molecule has 21 heavy (non-hydrogen) atoms. The van der Waals surface area contributed by atoms with Crippen LogP contribution in [-0.2, 0) is 4.79 Å². The third-order valence-electron chi connectivity index (χ3n) is 3.91. The van der Waals surface area contributed by atoms with E-state index < -0.39 is 24.2 Å². The molecule has 0 saturated heterocycles. The third kappa shape index (κ3) is 2.15. The van der Waals surface area contributed by atoms with E-state index in [1.165, 1.54) is 19.7 Å². The molecule has 3 N–H and O–H groups in total. The Hall–Kier alpha value is -1.77. The van der Waals surface area contributed by atoms with Crippen LogP contribution in [0.1, 0.15) is 12.5 Å². The first kappa shape index (κ1) is 14.2. The van der Waals surface area contributed by atoms with E-state index in [9.17, 15) is 15.0 Å². The van der Waals surface area contributed by atoms with Gasteiger partial charge in [-0.2, -0.15) is 0 Å². The highest BCUT2D eigenvalue weighted by Gasteiger charge is 2.46. The number of aliphatic hydroxyl groups excluding tert-OH is 2. The number of imidazole rings is 1. The second-order valence-corrected chi connectivity index (χ2v) is 5.35. The molecule has 2 heterocycles. The van der Waals surface area contributed by atoms with Crippen LogP contribution in [0, 0.1) is 5.92 Å². The molecule has 1 aliphatic rings. The van der Waals surface area contributed by atoms with Crippen LogP contribution >= 0.6 is 11.6 Å². The van der Waals surface area contributed by atoms with Gasteiger partial charge in [0.05, 0.1) is 24.4 Å². The average Bonchev–Trinajstić information content (AvgIpc) is 3.02. The summed E-state index contributed by atoms with van der Waals surface area (Å²) < 4.78 is 1.62. The van der Waals surface area contributed by atoms with Gasteiger partial charge in [0, 0.05) is 7.05 Å². The van der Waals surface area contributed by atoms with Crippen molar-refractivity contribution in [2.75, 3.05) is 7.05 Å². The van der Waals surface area contributed by atoms with Crippen LogP contribution in [0.15, 0.2) is 12.7 Å². The standard InChI is InChI=1S/C12H14ClN5O3/c1-14-12(21)5-2-6(9(20)8(5)19)18-4-17-7-10(13)15-3-16-11(7)18/h3-6,8-9,19-20H,2H2,1H3,(H,14,21)/t5-,6+,8+,9-/m0/s1. The summed E-state index contributed by atoms with van der Waals surface area (Å²) >= 11 is 5.94. The number of fused-ring (bicyclic) bond motifs is 1. The lowest BCUT2D eigenvalue weighted by Gasteiger charge is -2.18. The zero-order chi connectivity index (χ0) is 15.1. The second-order valence-electron chi connectivity index (χ2n) is 4.99. The lowest BCUT2D eigenvalue weighted by atomic mass is 10.1. The molecule has 1 amide bonds. The SMILES string of the molecule is CNC(=O)[C@H]1C[C@@H](n2cnc3c(Cl)ncnc32)[C@H](O)[C@@H]1O. The van der Waals surface area contributed by atoms with E-state index in [1.807, 2.05) is 0 Å². The van der Waals surface area contributed by atoms with Crippen molar-refractivity contribution in [3.05, 3.63) is 17.8 Å². The first-order valence-corrected chi connectivity index (χ1v) is 6.83. The van der Waals surface area contributed by atoms with Crippen molar-refractivity contribution in [3.8, 4) is 0 Å². The van der Waals surface area contributed by atoms with Crippen molar-refractivity contribution in [1.29, 1.82) is 0 Å². The van der Waals surface area contributed by atoms with E-state index in [2.05, 4.69) is 20.3 Å². The van der Waals surface area contributed by atoms with E-state index in [0.29, 0.717) is 11.2 Å². The van der Waals surface area contributed by atoms with Gasteiger partial charge in [0.15, 0.2) is 10.8 Å². The minimum atomic E-state index is -1.13. The van der Waals surface area contributed by atoms with Crippen molar-refractivity contribution < 1.29 is 15.0 Å².